The molecule has 1 fully saturated rings. The Bertz CT molecular complexity index is 2240. The second-order valence-electron chi connectivity index (χ2n) is 12.6. The molecule has 2 aromatic heterocycles. The fourth-order valence-corrected chi connectivity index (χ4v) is 6.31. The predicted molar refractivity (Wildman–Crippen MR) is 180 cm³/mol. The van der Waals surface area contributed by atoms with Gasteiger partial charge in [0.1, 0.15) is 15.8 Å². The zero-order chi connectivity index (χ0) is 37.1. The molecule has 266 valence electrons. The number of hydrogen-bond acceptors (Lipinski definition) is 7. The molecule has 12 nitrogen and oxygen atoms in total. The number of likely N-dealkylation sites (tertiary alicyclic amines) is 1. The Labute approximate surface area is 291 Å². The first-order valence-electron chi connectivity index (χ1n) is 15.7. The highest BCUT2D eigenvalue weighted by Gasteiger charge is 2.33. The molecule has 1 aliphatic rings. The van der Waals surface area contributed by atoms with E-state index in [-0.39, 0.29) is 28.0 Å². The molecule has 0 saturated carbocycles. The number of piperidine rings is 1. The van der Waals surface area contributed by atoms with E-state index in [9.17, 15) is 41.0 Å². The number of carbonyl (C=O) groups is 1. The molecule has 3 heterocycles. The van der Waals surface area contributed by atoms with Crippen molar-refractivity contribution < 1.29 is 35.4 Å². The molecule has 0 unspecified atom stereocenters. The SMILES string of the molecule is Cc1c(-c2ccnn2-c2ccc(C#N)cc2)n(C(=O)NC2CC[N+](C)(C)CC2)c(=O)n1-c1cccc(C(F)(F)F)c1.O=S(=O)([O-])c1ccccc1. The van der Waals surface area contributed by atoms with Gasteiger partial charge in [-0.3, -0.25) is 4.57 Å². The molecule has 6 rings (SSSR count). The van der Waals surface area contributed by atoms with Gasteiger partial charge in [0.05, 0.1) is 78.2 Å². The lowest BCUT2D eigenvalue weighted by atomic mass is 10.0. The Kier molecular flexibility index (Phi) is 10.4. The Balaban J connectivity index is 0.000000435. The van der Waals surface area contributed by atoms with Crippen LogP contribution in [0, 0.1) is 18.3 Å². The highest BCUT2D eigenvalue weighted by molar-refractivity contribution is 7.85. The number of halogens is 3. The molecule has 0 aliphatic carbocycles. The van der Waals surface area contributed by atoms with Crippen molar-refractivity contribution >= 4 is 16.1 Å². The van der Waals surface area contributed by atoms with Gasteiger partial charge >= 0.3 is 17.9 Å². The number of nitrogens with zero attached hydrogens (tertiary/aromatic N) is 6. The maximum Gasteiger partial charge on any atom is 0.416 e. The second-order valence-corrected chi connectivity index (χ2v) is 14.0. The Hall–Kier alpha value is -5.50. The van der Waals surface area contributed by atoms with Gasteiger partial charge in [0.25, 0.3) is 0 Å². The maximum absolute atomic E-state index is 13.9. The number of rotatable bonds is 5. The summed E-state index contributed by atoms with van der Waals surface area (Å²) in [5, 5.41) is 16.5. The third-order valence-corrected chi connectivity index (χ3v) is 9.42. The van der Waals surface area contributed by atoms with E-state index in [0.717, 1.165) is 51.7 Å². The topological polar surface area (TPSA) is 155 Å². The minimum Gasteiger partial charge on any atom is -0.744 e. The number of quaternary nitrogens is 1. The van der Waals surface area contributed by atoms with Crippen molar-refractivity contribution in [1.29, 1.82) is 5.26 Å². The first kappa shape index (κ1) is 36.8. The number of hydrogen-bond donors (Lipinski definition) is 1. The van der Waals surface area contributed by atoms with Crippen LogP contribution in [-0.4, -0.2) is 75.6 Å². The minimum absolute atomic E-state index is 0.0173. The van der Waals surface area contributed by atoms with Crippen molar-refractivity contribution in [3.8, 4) is 28.8 Å². The van der Waals surface area contributed by atoms with E-state index in [1.54, 1.807) is 43.3 Å². The standard InChI is InChI=1S/C29H28F3N7O2.C6H6O3S/c1-19-26(25-11-14-34-38(25)23-9-7-20(18-33)8-10-23)37(27(40)35-22-12-15-39(2,3)16-13-22)28(41)36(19)24-6-4-5-21(17-24)29(30,31)32;7-10(8,9)6-4-2-1-3-5-6/h4-11,14,17,22H,12-13,15-16H2,1-3H3;1-5H,(H,7,8,9). The van der Waals surface area contributed by atoms with Crippen LogP contribution in [0.5, 0.6) is 0 Å². The molecule has 0 atom stereocenters. The van der Waals surface area contributed by atoms with Gasteiger partial charge in [0, 0.05) is 18.9 Å². The maximum atomic E-state index is 13.9. The van der Waals surface area contributed by atoms with Gasteiger partial charge in [-0.1, -0.05) is 24.3 Å². The first-order valence-corrected chi connectivity index (χ1v) is 17.1. The Morgan fingerprint density at radius 3 is 2.20 bits per heavy atom. The normalized spacial score (nSPS) is 14.6. The molecule has 1 amide bonds. The first-order chi connectivity index (χ1) is 24.0. The monoisotopic (exact) mass is 721 g/mol. The lowest BCUT2D eigenvalue weighted by Crippen LogP contribution is -2.53. The lowest BCUT2D eigenvalue weighted by molar-refractivity contribution is -0.895. The van der Waals surface area contributed by atoms with Crippen LogP contribution in [0.2, 0.25) is 0 Å². The van der Waals surface area contributed by atoms with Crippen molar-refractivity contribution in [2.75, 3.05) is 27.2 Å². The van der Waals surface area contributed by atoms with Crippen LogP contribution in [0.25, 0.3) is 22.8 Å². The number of aromatic nitrogens is 4. The number of carbonyl (C=O) groups excluding carboxylic acids is 1. The summed E-state index contributed by atoms with van der Waals surface area (Å²) in [6.07, 6.45) is -1.67. The van der Waals surface area contributed by atoms with Gasteiger partial charge in [-0.2, -0.15) is 23.5 Å². The smallest absolute Gasteiger partial charge is 0.416 e. The molecule has 16 heteroatoms. The molecular weight excluding hydrogens is 687 g/mol. The summed E-state index contributed by atoms with van der Waals surface area (Å²) in [4.78, 5) is 27.5. The van der Waals surface area contributed by atoms with Crippen LogP contribution in [0.4, 0.5) is 18.0 Å². The Morgan fingerprint density at radius 2 is 1.63 bits per heavy atom. The van der Waals surface area contributed by atoms with Gasteiger partial charge in [0.2, 0.25) is 0 Å². The van der Waals surface area contributed by atoms with E-state index in [0.29, 0.717) is 16.9 Å². The van der Waals surface area contributed by atoms with Crippen molar-refractivity contribution in [1.82, 2.24) is 24.2 Å². The van der Waals surface area contributed by atoms with Crippen LogP contribution < -0.4 is 11.0 Å². The van der Waals surface area contributed by atoms with Gasteiger partial charge in [-0.15, -0.1) is 0 Å². The van der Waals surface area contributed by atoms with Gasteiger partial charge in [0.15, 0.2) is 0 Å². The average Bonchev–Trinajstić information content (AvgIpc) is 3.67. The largest absolute Gasteiger partial charge is 0.744 e. The van der Waals surface area contributed by atoms with E-state index < -0.39 is 33.6 Å². The van der Waals surface area contributed by atoms with E-state index in [1.165, 1.54) is 47.3 Å². The summed E-state index contributed by atoms with van der Waals surface area (Å²) < 4.78 is 75.9. The number of benzene rings is 3. The second kappa shape index (κ2) is 14.4. The van der Waals surface area contributed by atoms with Crippen LogP contribution in [0.3, 0.4) is 0 Å². The molecular formula is C35H34F3N7O5S. The third kappa shape index (κ3) is 8.28. The van der Waals surface area contributed by atoms with Crippen molar-refractivity contribution in [3.63, 3.8) is 0 Å². The summed E-state index contributed by atoms with van der Waals surface area (Å²) in [5.41, 5.74) is 0.129. The fourth-order valence-electron chi connectivity index (χ4n) is 5.82. The van der Waals surface area contributed by atoms with Crippen LogP contribution in [0.15, 0.2) is 101 Å². The van der Waals surface area contributed by atoms with Gasteiger partial charge in [-0.05, 0) is 67.6 Å². The van der Waals surface area contributed by atoms with Crippen molar-refractivity contribution in [3.05, 3.63) is 118 Å². The van der Waals surface area contributed by atoms with Gasteiger partial charge in [-0.25, -0.2) is 27.3 Å². The molecule has 1 N–H and O–H groups in total. The molecule has 0 radical (unpaired) electrons. The summed E-state index contributed by atoms with van der Waals surface area (Å²) >= 11 is 0. The average molecular weight is 722 g/mol. The number of alkyl halides is 3. The van der Waals surface area contributed by atoms with E-state index in [2.05, 4.69) is 30.6 Å². The molecule has 0 bridgehead atoms. The summed E-state index contributed by atoms with van der Waals surface area (Å²) in [5.74, 6) is 0. The third-order valence-electron chi connectivity index (χ3n) is 8.57. The summed E-state index contributed by atoms with van der Waals surface area (Å²) in [6, 6.07) is 21.1. The van der Waals surface area contributed by atoms with Crippen LogP contribution in [0.1, 0.15) is 29.7 Å². The minimum atomic E-state index is -4.61. The molecule has 5 aromatic rings. The zero-order valence-corrected chi connectivity index (χ0v) is 28.6. The van der Waals surface area contributed by atoms with Gasteiger partial charge < -0.3 is 14.4 Å². The molecule has 0 spiro atoms. The van der Waals surface area contributed by atoms with Crippen LogP contribution >= 0.6 is 0 Å². The Morgan fingerprint density at radius 1 is 0.980 bits per heavy atom. The zero-order valence-electron chi connectivity index (χ0n) is 27.8. The lowest BCUT2D eigenvalue weighted by Gasteiger charge is -2.37. The highest BCUT2D eigenvalue weighted by Crippen LogP contribution is 2.32. The fraction of sp³-hybridized carbons (Fsp3) is 0.257. The molecule has 3 aromatic carbocycles. The van der Waals surface area contributed by atoms with E-state index >= 15 is 0 Å². The highest BCUT2D eigenvalue weighted by atomic mass is 32.2. The van der Waals surface area contributed by atoms with E-state index in [1.807, 2.05) is 0 Å². The molecule has 51 heavy (non-hydrogen) atoms. The van der Waals surface area contributed by atoms with Crippen molar-refractivity contribution in [2.45, 2.75) is 36.9 Å². The summed E-state index contributed by atoms with van der Waals surface area (Å²) in [7, 11) is -0.0237. The number of imidazole rings is 1. The number of nitriles is 1. The quantitative estimate of drug-likeness (QED) is 0.196. The van der Waals surface area contributed by atoms with E-state index in [4.69, 9.17) is 0 Å². The predicted octanol–water partition coefficient (Wildman–Crippen LogP) is 5.08. The summed E-state index contributed by atoms with van der Waals surface area (Å²) in [6.45, 7) is 3.28. The number of nitrogens with one attached hydrogen (secondary N) is 1. The number of amides is 1. The molecule has 1 aliphatic heterocycles. The molecule has 1 saturated heterocycles. The van der Waals surface area contributed by atoms with Crippen LogP contribution in [-0.2, 0) is 16.3 Å². The van der Waals surface area contributed by atoms with Crippen molar-refractivity contribution in [2.24, 2.45) is 0 Å².